The summed E-state index contributed by atoms with van der Waals surface area (Å²) in [6.45, 7) is 0. The molecule has 0 aromatic heterocycles. The standard InChI is InChI=1S/C12H14F2N2/c13-9-6-7-12(11(14)8-9)16-15-10-4-2-1-3-5-10/h6-8,16H,1-5H2. The van der Waals surface area contributed by atoms with Crippen molar-refractivity contribution in [2.45, 2.75) is 32.1 Å². The summed E-state index contributed by atoms with van der Waals surface area (Å²) in [6, 6.07) is 3.42. The van der Waals surface area contributed by atoms with Crippen LogP contribution in [0.4, 0.5) is 14.5 Å². The van der Waals surface area contributed by atoms with Gasteiger partial charge in [-0.2, -0.15) is 5.10 Å². The number of nitrogens with one attached hydrogen (secondary N) is 1. The van der Waals surface area contributed by atoms with Crippen molar-refractivity contribution in [1.29, 1.82) is 0 Å². The molecule has 0 spiro atoms. The smallest absolute Gasteiger partial charge is 0.151 e. The first-order valence-corrected chi connectivity index (χ1v) is 5.52. The van der Waals surface area contributed by atoms with Gasteiger partial charge in [-0.1, -0.05) is 6.42 Å². The van der Waals surface area contributed by atoms with Crippen LogP contribution >= 0.6 is 0 Å². The maximum atomic E-state index is 13.2. The molecule has 0 bridgehead atoms. The van der Waals surface area contributed by atoms with Crippen molar-refractivity contribution in [3.63, 3.8) is 0 Å². The second kappa shape index (κ2) is 5.05. The molecular weight excluding hydrogens is 210 g/mol. The van der Waals surface area contributed by atoms with E-state index >= 15 is 0 Å². The van der Waals surface area contributed by atoms with E-state index in [0.29, 0.717) is 0 Å². The van der Waals surface area contributed by atoms with Crippen molar-refractivity contribution in [3.8, 4) is 0 Å². The zero-order valence-electron chi connectivity index (χ0n) is 8.97. The van der Waals surface area contributed by atoms with Gasteiger partial charge in [-0.05, 0) is 37.8 Å². The molecule has 4 heteroatoms. The highest BCUT2D eigenvalue weighted by molar-refractivity contribution is 5.85. The van der Waals surface area contributed by atoms with E-state index in [9.17, 15) is 8.78 Å². The minimum atomic E-state index is -0.611. The van der Waals surface area contributed by atoms with Crippen molar-refractivity contribution in [1.82, 2.24) is 0 Å². The van der Waals surface area contributed by atoms with Crippen LogP contribution < -0.4 is 5.43 Å². The van der Waals surface area contributed by atoms with Gasteiger partial charge in [0.15, 0.2) is 5.82 Å². The third-order valence-electron chi connectivity index (χ3n) is 2.70. The minimum absolute atomic E-state index is 0.222. The molecule has 1 aliphatic carbocycles. The minimum Gasteiger partial charge on any atom is -0.276 e. The summed E-state index contributed by atoms with van der Waals surface area (Å²) in [5.74, 6) is -1.19. The lowest BCUT2D eigenvalue weighted by Gasteiger charge is -2.12. The van der Waals surface area contributed by atoms with Crippen molar-refractivity contribution in [3.05, 3.63) is 29.8 Å². The first kappa shape index (κ1) is 11.0. The second-order valence-electron chi connectivity index (χ2n) is 3.97. The Morgan fingerprint density at radius 2 is 1.81 bits per heavy atom. The Bertz CT molecular complexity index is 394. The fraction of sp³-hybridized carbons (Fsp3) is 0.417. The molecule has 0 saturated heterocycles. The van der Waals surface area contributed by atoms with Crippen LogP contribution in [0.2, 0.25) is 0 Å². The van der Waals surface area contributed by atoms with Gasteiger partial charge in [0.05, 0.1) is 5.69 Å². The van der Waals surface area contributed by atoms with E-state index in [1.54, 1.807) is 0 Å². The largest absolute Gasteiger partial charge is 0.276 e. The van der Waals surface area contributed by atoms with Crippen molar-refractivity contribution in [2.75, 3.05) is 5.43 Å². The maximum absolute atomic E-state index is 13.2. The Labute approximate surface area is 93.4 Å². The number of rotatable bonds is 2. The van der Waals surface area contributed by atoms with Gasteiger partial charge >= 0.3 is 0 Å². The van der Waals surface area contributed by atoms with Gasteiger partial charge in [-0.15, -0.1) is 0 Å². The quantitative estimate of drug-likeness (QED) is 0.761. The number of benzene rings is 1. The molecule has 86 valence electrons. The molecule has 1 aromatic carbocycles. The maximum Gasteiger partial charge on any atom is 0.151 e. The van der Waals surface area contributed by atoms with Crippen LogP contribution in [0.15, 0.2) is 23.3 Å². The van der Waals surface area contributed by atoms with E-state index in [-0.39, 0.29) is 5.69 Å². The number of hydrogen-bond donors (Lipinski definition) is 1. The monoisotopic (exact) mass is 224 g/mol. The molecule has 1 aromatic rings. The molecule has 1 fully saturated rings. The Morgan fingerprint density at radius 3 is 2.50 bits per heavy atom. The SMILES string of the molecule is Fc1ccc(NN=C2CCCCC2)c(F)c1. The number of halogens is 2. The molecule has 0 amide bonds. The average Bonchev–Trinajstić information content (AvgIpc) is 2.29. The molecule has 1 saturated carbocycles. The third kappa shape index (κ3) is 2.78. The van der Waals surface area contributed by atoms with E-state index in [1.165, 1.54) is 18.6 Å². The highest BCUT2D eigenvalue weighted by Gasteiger charge is 2.07. The summed E-state index contributed by atoms with van der Waals surface area (Å²) in [5.41, 5.74) is 3.94. The first-order chi connectivity index (χ1) is 7.75. The van der Waals surface area contributed by atoms with Crippen LogP contribution in [0.3, 0.4) is 0 Å². The average molecular weight is 224 g/mol. The van der Waals surface area contributed by atoms with Crippen LogP contribution in [-0.4, -0.2) is 5.71 Å². The van der Waals surface area contributed by atoms with E-state index in [0.717, 1.165) is 37.5 Å². The normalized spacial score (nSPS) is 16.0. The van der Waals surface area contributed by atoms with Crippen LogP contribution in [0, 0.1) is 11.6 Å². The Balaban J connectivity index is 2.03. The van der Waals surface area contributed by atoms with Crippen molar-refractivity contribution < 1.29 is 8.78 Å². The topological polar surface area (TPSA) is 24.4 Å². The molecule has 0 heterocycles. The highest BCUT2D eigenvalue weighted by Crippen LogP contribution is 2.17. The van der Waals surface area contributed by atoms with Crippen LogP contribution in [0.1, 0.15) is 32.1 Å². The van der Waals surface area contributed by atoms with Crippen LogP contribution in [0.5, 0.6) is 0 Å². The zero-order chi connectivity index (χ0) is 11.4. The molecule has 1 N–H and O–H groups in total. The summed E-state index contributed by atoms with van der Waals surface area (Å²) in [4.78, 5) is 0. The number of hydrazone groups is 1. The summed E-state index contributed by atoms with van der Waals surface area (Å²) < 4.78 is 25.9. The van der Waals surface area contributed by atoms with Gasteiger partial charge in [0.2, 0.25) is 0 Å². The van der Waals surface area contributed by atoms with Crippen LogP contribution in [0.25, 0.3) is 0 Å². The summed E-state index contributed by atoms with van der Waals surface area (Å²) in [5, 5.41) is 4.15. The number of hydrogen-bond acceptors (Lipinski definition) is 2. The molecule has 2 rings (SSSR count). The number of nitrogens with zero attached hydrogens (tertiary/aromatic N) is 1. The van der Waals surface area contributed by atoms with E-state index < -0.39 is 11.6 Å². The molecule has 0 unspecified atom stereocenters. The lowest BCUT2D eigenvalue weighted by molar-refractivity contribution is 0.585. The third-order valence-corrected chi connectivity index (χ3v) is 2.70. The molecule has 0 atom stereocenters. The fourth-order valence-electron chi connectivity index (χ4n) is 1.79. The Hall–Kier alpha value is -1.45. The van der Waals surface area contributed by atoms with Gasteiger partial charge in [-0.25, -0.2) is 8.78 Å². The van der Waals surface area contributed by atoms with Gasteiger partial charge in [-0.3, -0.25) is 5.43 Å². The molecule has 0 radical (unpaired) electrons. The Kier molecular flexibility index (Phi) is 3.49. The van der Waals surface area contributed by atoms with Crippen molar-refractivity contribution in [2.24, 2.45) is 5.10 Å². The second-order valence-corrected chi connectivity index (χ2v) is 3.97. The van der Waals surface area contributed by atoms with Crippen LogP contribution in [-0.2, 0) is 0 Å². The van der Waals surface area contributed by atoms with Gasteiger partial charge in [0.25, 0.3) is 0 Å². The first-order valence-electron chi connectivity index (χ1n) is 5.52. The molecular formula is C12H14F2N2. The summed E-state index contributed by atoms with van der Waals surface area (Å²) in [6.07, 6.45) is 5.47. The predicted octanol–water partition coefficient (Wildman–Crippen LogP) is 3.70. The van der Waals surface area contributed by atoms with E-state index in [4.69, 9.17) is 0 Å². The molecule has 16 heavy (non-hydrogen) atoms. The predicted molar refractivity (Wildman–Crippen MR) is 60.5 cm³/mol. The van der Waals surface area contributed by atoms with Gasteiger partial charge in [0.1, 0.15) is 5.82 Å². The van der Waals surface area contributed by atoms with E-state index in [1.807, 2.05) is 0 Å². The molecule has 0 aliphatic heterocycles. The van der Waals surface area contributed by atoms with Gasteiger partial charge in [0, 0.05) is 11.8 Å². The lowest BCUT2D eigenvalue weighted by atomic mass is 9.99. The molecule has 2 nitrogen and oxygen atoms in total. The van der Waals surface area contributed by atoms with E-state index in [2.05, 4.69) is 10.5 Å². The lowest BCUT2D eigenvalue weighted by Crippen LogP contribution is -2.07. The Morgan fingerprint density at radius 1 is 1.06 bits per heavy atom. The van der Waals surface area contributed by atoms with Crippen molar-refractivity contribution >= 4 is 11.4 Å². The summed E-state index contributed by atoms with van der Waals surface area (Å²) in [7, 11) is 0. The number of anilines is 1. The summed E-state index contributed by atoms with van der Waals surface area (Å²) >= 11 is 0. The fourth-order valence-corrected chi connectivity index (χ4v) is 1.79. The van der Waals surface area contributed by atoms with Gasteiger partial charge < -0.3 is 0 Å². The molecule has 1 aliphatic rings. The highest BCUT2D eigenvalue weighted by atomic mass is 19.1. The zero-order valence-corrected chi connectivity index (χ0v) is 8.97.